The number of benzene rings is 1. The smallest absolute Gasteiger partial charge is 0.282 e. The zero-order chi connectivity index (χ0) is 22.3. The summed E-state index contributed by atoms with van der Waals surface area (Å²) in [7, 11) is -3.48. The molecule has 0 bridgehead atoms. The average Bonchev–Trinajstić information content (AvgIpc) is 3.06. The number of anilines is 1. The first-order chi connectivity index (χ1) is 14.9. The molecule has 0 atom stereocenters. The molecule has 172 valence electrons. The van der Waals surface area contributed by atoms with Crippen molar-refractivity contribution in [3.8, 4) is 0 Å². The van der Waals surface area contributed by atoms with Crippen molar-refractivity contribution < 1.29 is 22.4 Å². The minimum Gasteiger partial charge on any atom is -0.339 e. The maximum absolute atomic E-state index is 13.6. The van der Waals surface area contributed by atoms with Gasteiger partial charge in [-0.3, -0.25) is 9.59 Å². The van der Waals surface area contributed by atoms with Gasteiger partial charge in [-0.05, 0) is 25.0 Å². The zero-order valence-corrected chi connectivity index (χ0v) is 19.1. The highest BCUT2D eigenvalue weighted by molar-refractivity contribution is 8.00. The zero-order valence-electron chi connectivity index (χ0n) is 17.5. The number of piperazine rings is 1. The Hall–Kier alpha value is -1.69. The van der Waals surface area contributed by atoms with Crippen LogP contribution < -0.4 is 5.32 Å². The summed E-state index contributed by atoms with van der Waals surface area (Å²) >= 11 is 1.15. The molecule has 0 spiro atoms. The molecule has 0 saturated carbocycles. The molecule has 2 aliphatic heterocycles. The van der Waals surface area contributed by atoms with Gasteiger partial charge >= 0.3 is 0 Å². The van der Waals surface area contributed by atoms with Crippen LogP contribution in [0.4, 0.5) is 10.1 Å². The van der Waals surface area contributed by atoms with E-state index in [2.05, 4.69) is 5.32 Å². The second-order valence-electron chi connectivity index (χ2n) is 7.62. The van der Waals surface area contributed by atoms with E-state index in [9.17, 15) is 22.4 Å². The Morgan fingerprint density at radius 2 is 1.52 bits per heavy atom. The fourth-order valence-corrected chi connectivity index (χ4v) is 6.06. The summed E-state index contributed by atoms with van der Waals surface area (Å²) in [6, 6.07) is 5.90. The van der Waals surface area contributed by atoms with E-state index in [1.54, 1.807) is 15.3 Å². The standard InChI is InChI=1S/C20H29FN4O4S2/c21-17-7-3-4-8-18(17)22-19(26)15-30-16-20(27)23-11-13-25(14-12-23)31(28,29)24-9-5-1-2-6-10-24/h3-4,7-8H,1-2,5-6,9-16H2,(H,22,26). The largest absolute Gasteiger partial charge is 0.339 e. The predicted molar refractivity (Wildman–Crippen MR) is 119 cm³/mol. The number of carbonyl (C=O) groups is 2. The third-order valence-electron chi connectivity index (χ3n) is 5.42. The molecule has 0 radical (unpaired) electrons. The molecule has 31 heavy (non-hydrogen) atoms. The number of para-hydroxylation sites is 1. The molecule has 0 aliphatic carbocycles. The molecule has 2 amide bonds. The van der Waals surface area contributed by atoms with E-state index >= 15 is 0 Å². The van der Waals surface area contributed by atoms with Crippen molar-refractivity contribution in [3.63, 3.8) is 0 Å². The van der Waals surface area contributed by atoms with Crippen molar-refractivity contribution in [2.75, 3.05) is 56.1 Å². The number of hydrogen-bond donors (Lipinski definition) is 1. The fraction of sp³-hybridized carbons (Fsp3) is 0.600. The second kappa shape index (κ2) is 11.3. The lowest BCUT2D eigenvalue weighted by Gasteiger charge is -2.36. The molecule has 2 saturated heterocycles. The van der Waals surface area contributed by atoms with Crippen molar-refractivity contribution in [2.24, 2.45) is 0 Å². The molecule has 1 aromatic carbocycles. The SMILES string of the molecule is O=C(CSCC(=O)N1CCN(S(=O)(=O)N2CCCCCC2)CC1)Nc1ccccc1F. The number of rotatable bonds is 7. The van der Waals surface area contributed by atoms with Gasteiger partial charge in [-0.25, -0.2) is 4.39 Å². The Morgan fingerprint density at radius 3 is 2.16 bits per heavy atom. The lowest BCUT2D eigenvalue weighted by atomic mass is 10.2. The molecular weight excluding hydrogens is 443 g/mol. The van der Waals surface area contributed by atoms with E-state index in [-0.39, 0.29) is 42.1 Å². The van der Waals surface area contributed by atoms with Crippen LogP contribution in [0.3, 0.4) is 0 Å². The third kappa shape index (κ3) is 6.64. The van der Waals surface area contributed by atoms with Crippen molar-refractivity contribution in [1.29, 1.82) is 0 Å². The first-order valence-corrected chi connectivity index (χ1v) is 13.1. The van der Waals surface area contributed by atoms with Crippen LogP contribution in [0.2, 0.25) is 0 Å². The molecule has 0 aromatic heterocycles. The van der Waals surface area contributed by atoms with Crippen molar-refractivity contribution in [1.82, 2.24) is 13.5 Å². The van der Waals surface area contributed by atoms with Crippen molar-refractivity contribution in [3.05, 3.63) is 30.1 Å². The number of hydrogen-bond acceptors (Lipinski definition) is 5. The Morgan fingerprint density at radius 1 is 0.903 bits per heavy atom. The van der Waals surface area contributed by atoms with Gasteiger partial charge in [0.1, 0.15) is 5.82 Å². The topological polar surface area (TPSA) is 90.0 Å². The quantitative estimate of drug-likeness (QED) is 0.653. The van der Waals surface area contributed by atoms with Crippen LogP contribution in [-0.4, -0.2) is 84.5 Å². The Labute approximate surface area is 187 Å². The summed E-state index contributed by atoms with van der Waals surface area (Å²) in [5.41, 5.74) is 0.112. The van der Waals surface area contributed by atoms with Gasteiger partial charge < -0.3 is 10.2 Å². The van der Waals surface area contributed by atoms with E-state index in [0.29, 0.717) is 26.2 Å². The summed E-state index contributed by atoms with van der Waals surface area (Å²) in [6.45, 7) is 2.37. The van der Waals surface area contributed by atoms with Crippen LogP contribution in [0.15, 0.2) is 24.3 Å². The summed E-state index contributed by atoms with van der Waals surface area (Å²) < 4.78 is 42.3. The van der Waals surface area contributed by atoms with Crippen LogP contribution in [0.25, 0.3) is 0 Å². The van der Waals surface area contributed by atoms with Gasteiger partial charge in [0.05, 0.1) is 17.2 Å². The van der Waals surface area contributed by atoms with E-state index in [4.69, 9.17) is 0 Å². The number of nitrogens with one attached hydrogen (secondary N) is 1. The fourth-order valence-electron chi connectivity index (χ4n) is 3.68. The van der Waals surface area contributed by atoms with Gasteiger partial charge in [-0.1, -0.05) is 25.0 Å². The third-order valence-corrected chi connectivity index (χ3v) is 8.37. The molecule has 11 heteroatoms. The van der Waals surface area contributed by atoms with Gasteiger partial charge in [0, 0.05) is 39.3 Å². The minimum atomic E-state index is -3.48. The summed E-state index contributed by atoms with van der Waals surface area (Å²) in [5, 5.41) is 2.48. The van der Waals surface area contributed by atoms with E-state index in [1.807, 2.05) is 0 Å². The van der Waals surface area contributed by atoms with Crippen LogP contribution >= 0.6 is 11.8 Å². The Kier molecular flexibility index (Phi) is 8.70. The predicted octanol–water partition coefficient (Wildman–Crippen LogP) is 1.76. The van der Waals surface area contributed by atoms with E-state index < -0.39 is 16.0 Å². The number of carbonyl (C=O) groups excluding carboxylic acids is 2. The number of halogens is 1. The molecule has 1 aromatic rings. The Bertz CT molecular complexity index is 868. The number of amides is 2. The number of nitrogens with zero attached hydrogens (tertiary/aromatic N) is 3. The van der Waals surface area contributed by atoms with Gasteiger partial charge in [-0.2, -0.15) is 17.0 Å². The first kappa shape index (κ1) is 24.0. The second-order valence-corrected chi connectivity index (χ2v) is 10.5. The maximum atomic E-state index is 13.6. The molecule has 0 unspecified atom stereocenters. The highest BCUT2D eigenvalue weighted by Gasteiger charge is 2.33. The molecule has 3 rings (SSSR count). The monoisotopic (exact) mass is 472 g/mol. The van der Waals surface area contributed by atoms with E-state index in [0.717, 1.165) is 37.4 Å². The maximum Gasteiger partial charge on any atom is 0.282 e. The van der Waals surface area contributed by atoms with E-state index in [1.165, 1.54) is 22.5 Å². The molecule has 8 nitrogen and oxygen atoms in total. The van der Waals surface area contributed by atoms with Gasteiger partial charge in [-0.15, -0.1) is 11.8 Å². The molecule has 1 N–H and O–H groups in total. The van der Waals surface area contributed by atoms with Gasteiger partial charge in [0.25, 0.3) is 10.2 Å². The van der Waals surface area contributed by atoms with Crippen LogP contribution in [0.5, 0.6) is 0 Å². The normalized spacial score (nSPS) is 19.1. The summed E-state index contributed by atoms with van der Waals surface area (Å²) in [5.74, 6) is -0.871. The van der Waals surface area contributed by atoms with Crippen LogP contribution in [0.1, 0.15) is 25.7 Å². The minimum absolute atomic E-state index is 0.0311. The van der Waals surface area contributed by atoms with Crippen molar-refractivity contribution >= 4 is 39.5 Å². The first-order valence-electron chi connectivity index (χ1n) is 10.5. The number of thioether (sulfide) groups is 1. The molecular formula is C20H29FN4O4S2. The van der Waals surface area contributed by atoms with Gasteiger partial charge in [0.2, 0.25) is 11.8 Å². The lowest BCUT2D eigenvalue weighted by Crippen LogP contribution is -2.54. The molecule has 2 fully saturated rings. The highest BCUT2D eigenvalue weighted by atomic mass is 32.2. The molecule has 2 aliphatic rings. The average molecular weight is 473 g/mol. The Balaban J connectivity index is 1.40. The highest BCUT2D eigenvalue weighted by Crippen LogP contribution is 2.18. The lowest BCUT2D eigenvalue weighted by molar-refractivity contribution is -0.129. The molecule has 2 heterocycles. The van der Waals surface area contributed by atoms with Crippen molar-refractivity contribution in [2.45, 2.75) is 25.7 Å². The summed E-state index contributed by atoms with van der Waals surface area (Å²) in [6.07, 6.45) is 3.90. The van der Waals surface area contributed by atoms with Crippen LogP contribution in [0, 0.1) is 5.82 Å². The summed E-state index contributed by atoms with van der Waals surface area (Å²) in [4.78, 5) is 26.0. The van der Waals surface area contributed by atoms with Crippen LogP contribution in [-0.2, 0) is 19.8 Å². The van der Waals surface area contributed by atoms with Gasteiger partial charge in [0.15, 0.2) is 0 Å².